The third-order valence-corrected chi connectivity index (χ3v) is 6.08. The summed E-state index contributed by atoms with van der Waals surface area (Å²) in [5.74, 6) is -1.95. The highest BCUT2D eigenvalue weighted by Crippen LogP contribution is 2.37. The summed E-state index contributed by atoms with van der Waals surface area (Å²) in [6.45, 7) is 5.48. The Morgan fingerprint density at radius 1 is 1.29 bits per heavy atom. The second-order valence-electron chi connectivity index (χ2n) is 8.46. The monoisotopic (exact) mass is 501 g/mol. The Morgan fingerprint density at radius 2 is 2.03 bits per heavy atom. The number of hydrogen-bond donors (Lipinski definition) is 2. The van der Waals surface area contributed by atoms with Crippen molar-refractivity contribution in [3.8, 4) is 11.3 Å². The van der Waals surface area contributed by atoms with Gasteiger partial charge in [0.25, 0.3) is 0 Å². The predicted octanol–water partition coefficient (Wildman–Crippen LogP) is 5.23. The maximum absolute atomic E-state index is 14.9. The Hall–Kier alpha value is -2.50. The summed E-state index contributed by atoms with van der Waals surface area (Å²) in [5.41, 5.74) is -0.0926. The number of aliphatic hydroxyl groups is 1. The minimum absolute atomic E-state index is 0.0212. The SMILES string of the molecule is CC[C@H]1OCC[C@H](Nc2ncc(Cl)c(-c3cc(F)c4nc(C(F)(F)F)n(C(C)C)c4c3)n2)[C@H]1O. The molecule has 1 saturated heterocycles. The highest BCUT2D eigenvalue weighted by Gasteiger charge is 2.39. The zero-order valence-corrected chi connectivity index (χ0v) is 19.5. The first kappa shape index (κ1) is 24.6. The van der Waals surface area contributed by atoms with E-state index >= 15 is 0 Å². The van der Waals surface area contributed by atoms with E-state index in [2.05, 4.69) is 20.3 Å². The van der Waals surface area contributed by atoms with Crippen molar-refractivity contribution in [3.05, 3.63) is 35.0 Å². The summed E-state index contributed by atoms with van der Waals surface area (Å²) in [5, 5.41) is 13.7. The van der Waals surface area contributed by atoms with E-state index in [1.165, 1.54) is 12.3 Å². The fourth-order valence-electron chi connectivity index (χ4n) is 4.21. The molecule has 0 saturated carbocycles. The predicted molar refractivity (Wildman–Crippen MR) is 119 cm³/mol. The van der Waals surface area contributed by atoms with Gasteiger partial charge in [-0.1, -0.05) is 18.5 Å². The van der Waals surface area contributed by atoms with Crippen molar-refractivity contribution in [1.82, 2.24) is 19.5 Å². The van der Waals surface area contributed by atoms with Crippen LogP contribution >= 0.6 is 11.6 Å². The van der Waals surface area contributed by atoms with E-state index in [-0.39, 0.29) is 45.4 Å². The number of rotatable bonds is 5. The van der Waals surface area contributed by atoms with Crippen LogP contribution in [0.2, 0.25) is 5.02 Å². The van der Waals surface area contributed by atoms with Crippen LogP contribution < -0.4 is 5.32 Å². The molecule has 0 spiro atoms. The van der Waals surface area contributed by atoms with Crippen LogP contribution in [-0.4, -0.2) is 49.5 Å². The number of aliphatic hydroxyl groups excluding tert-OH is 1. The van der Waals surface area contributed by atoms with Crippen molar-refractivity contribution in [2.45, 2.75) is 64.1 Å². The average molecular weight is 502 g/mol. The van der Waals surface area contributed by atoms with Crippen molar-refractivity contribution in [3.63, 3.8) is 0 Å². The number of alkyl halides is 3. The molecule has 3 aromatic rings. The first-order valence-corrected chi connectivity index (χ1v) is 11.3. The zero-order chi connectivity index (χ0) is 24.8. The van der Waals surface area contributed by atoms with E-state index in [0.29, 0.717) is 19.4 Å². The fraction of sp³-hybridized carbons (Fsp3) is 0.500. The lowest BCUT2D eigenvalue weighted by atomic mass is 9.98. The fourth-order valence-corrected chi connectivity index (χ4v) is 4.41. The van der Waals surface area contributed by atoms with Crippen molar-refractivity contribution >= 4 is 28.6 Å². The number of imidazole rings is 1. The van der Waals surface area contributed by atoms with Crippen LogP contribution in [0.5, 0.6) is 0 Å². The molecule has 0 radical (unpaired) electrons. The normalized spacial score (nSPS) is 21.4. The lowest BCUT2D eigenvalue weighted by Gasteiger charge is -2.34. The van der Waals surface area contributed by atoms with Gasteiger partial charge in [0.15, 0.2) is 5.82 Å². The largest absolute Gasteiger partial charge is 0.449 e. The van der Waals surface area contributed by atoms with E-state index < -0.39 is 30.0 Å². The Balaban J connectivity index is 1.76. The number of anilines is 1. The number of halogens is 5. The lowest BCUT2D eigenvalue weighted by molar-refractivity contribution is -0.147. The Kier molecular flexibility index (Phi) is 6.71. The number of fused-ring (bicyclic) bond motifs is 1. The zero-order valence-electron chi connectivity index (χ0n) is 18.7. The molecule has 0 unspecified atom stereocenters. The molecule has 3 atom stereocenters. The van der Waals surface area contributed by atoms with Crippen molar-refractivity contribution in [2.75, 3.05) is 11.9 Å². The van der Waals surface area contributed by atoms with Crippen molar-refractivity contribution in [2.24, 2.45) is 0 Å². The average Bonchev–Trinajstić information content (AvgIpc) is 3.17. The summed E-state index contributed by atoms with van der Waals surface area (Å²) in [4.78, 5) is 12.0. The van der Waals surface area contributed by atoms with Gasteiger partial charge in [0.2, 0.25) is 11.8 Å². The van der Waals surface area contributed by atoms with Gasteiger partial charge in [-0.15, -0.1) is 0 Å². The van der Waals surface area contributed by atoms with E-state index in [0.717, 1.165) is 10.6 Å². The van der Waals surface area contributed by atoms with E-state index in [1.54, 1.807) is 13.8 Å². The molecule has 3 heterocycles. The van der Waals surface area contributed by atoms with Gasteiger partial charge in [-0.25, -0.2) is 19.3 Å². The summed E-state index contributed by atoms with van der Waals surface area (Å²) >= 11 is 6.28. The van der Waals surface area contributed by atoms with Gasteiger partial charge in [-0.3, -0.25) is 0 Å². The molecule has 1 fully saturated rings. The molecule has 184 valence electrons. The molecule has 0 aliphatic carbocycles. The Morgan fingerprint density at radius 3 is 2.68 bits per heavy atom. The van der Waals surface area contributed by atoms with Gasteiger partial charge < -0.3 is 19.7 Å². The number of ether oxygens (including phenoxy) is 1. The molecule has 2 aromatic heterocycles. The Labute approximate surface area is 198 Å². The van der Waals surface area contributed by atoms with Crippen molar-refractivity contribution < 1.29 is 27.4 Å². The van der Waals surface area contributed by atoms with Crippen molar-refractivity contribution in [1.29, 1.82) is 0 Å². The molecular weight excluding hydrogens is 478 g/mol. The molecule has 4 rings (SSSR count). The number of nitrogens with one attached hydrogen (secondary N) is 1. The highest BCUT2D eigenvalue weighted by molar-refractivity contribution is 6.33. The van der Waals surface area contributed by atoms with Gasteiger partial charge >= 0.3 is 6.18 Å². The molecular formula is C22H24ClF4N5O2. The molecule has 7 nitrogen and oxygen atoms in total. The number of aromatic nitrogens is 4. The van der Waals surface area contributed by atoms with E-state index in [1.807, 2.05) is 6.92 Å². The topological polar surface area (TPSA) is 85.1 Å². The van der Waals surface area contributed by atoms with Crippen LogP contribution in [0.3, 0.4) is 0 Å². The van der Waals surface area contributed by atoms with Crippen LogP contribution in [0, 0.1) is 5.82 Å². The van der Waals surface area contributed by atoms with Gasteiger partial charge in [0.1, 0.15) is 11.6 Å². The number of hydrogen-bond acceptors (Lipinski definition) is 6. The molecule has 12 heteroatoms. The molecule has 1 aromatic carbocycles. The van der Waals surface area contributed by atoms with E-state index in [4.69, 9.17) is 16.3 Å². The quantitative estimate of drug-likeness (QED) is 0.466. The second-order valence-corrected chi connectivity index (χ2v) is 8.87. The standard InChI is InChI=1S/C22H24ClF4N5O2/c1-4-16-19(33)14(5-6-34-16)29-21-28-9-12(23)17(31-21)11-7-13(24)18-15(8-11)32(10(2)3)20(30-18)22(25,26)27/h7-10,14,16,19,33H,4-6H2,1-3H3,(H,28,29,31)/t14-,16+,19+/m0/s1. The second kappa shape index (κ2) is 9.27. The summed E-state index contributed by atoms with van der Waals surface area (Å²) < 4.78 is 62.0. The Bertz CT molecular complexity index is 1200. The summed E-state index contributed by atoms with van der Waals surface area (Å²) in [7, 11) is 0. The minimum atomic E-state index is -4.75. The lowest BCUT2D eigenvalue weighted by Crippen LogP contribution is -2.48. The summed E-state index contributed by atoms with van der Waals surface area (Å²) in [6.07, 6.45) is -3.38. The van der Waals surface area contributed by atoms with Crippen LogP contribution in [0.1, 0.15) is 45.5 Å². The van der Waals surface area contributed by atoms with Gasteiger partial charge in [-0.2, -0.15) is 13.2 Å². The molecule has 0 bridgehead atoms. The molecule has 2 N–H and O–H groups in total. The minimum Gasteiger partial charge on any atom is -0.388 e. The van der Waals surface area contributed by atoms with Crippen LogP contribution in [-0.2, 0) is 10.9 Å². The van der Waals surface area contributed by atoms with Gasteiger partial charge in [-0.05, 0) is 38.8 Å². The molecule has 1 aliphatic heterocycles. The van der Waals surface area contributed by atoms with Gasteiger partial charge in [0.05, 0.1) is 34.6 Å². The maximum atomic E-state index is 14.9. The third-order valence-electron chi connectivity index (χ3n) is 5.81. The molecule has 34 heavy (non-hydrogen) atoms. The number of benzene rings is 1. The maximum Gasteiger partial charge on any atom is 0.449 e. The molecule has 0 amide bonds. The molecule has 1 aliphatic rings. The smallest absolute Gasteiger partial charge is 0.388 e. The highest BCUT2D eigenvalue weighted by atomic mass is 35.5. The first-order valence-electron chi connectivity index (χ1n) is 10.9. The van der Waals surface area contributed by atoms with Gasteiger partial charge in [0, 0.05) is 18.2 Å². The first-order chi connectivity index (χ1) is 16.0. The van der Waals surface area contributed by atoms with Crippen LogP contribution in [0.15, 0.2) is 18.3 Å². The van der Waals surface area contributed by atoms with Crippen LogP contribution in [0.25, 0.3) is 22.3 Å². The third kappa shape index (κ3) is 4.56. The van der Waals surface area contributed by atoms with Crippen LogP contribution in [0.4, 0.5) is 23.5 Å². The number of nitrogens with zero attached hydrogens (tertiary/aromatic N) is 4. The summed E-state index contributed by atoms with van der Waals surface area (Å²) in [6, 6.07) is 1.43. The van der Waals surface area contributed by atoms with E-state index in [9.17, 15) is 22.7 Å².